The molecule has 6 heterocycles. The fourth-order valence-corrected chi connectivity index (χ4v) is 13.0. The quantitative estimate of drug-likeness (QED) is 0.0426. The summed E-state index contributed by atoms with van der Waals surface area (Å²) in [4.78, 5) is 69.8. The summed E-state index contributed by atoms with van der Waals surface area (Å²) in [6.07, 6.45) is 0. The highest BCUT2D eigenvalue weighted by molar-refractivity contribution is 7.35. The Hall–Kier alpha value is -9.28. The van der Waals surface area contributed by atoms with Gasteiger partial charge in [-0.05, 0) is 34.4 Å². The van der Waals surface area contributed by atoms with E-state index in [-0.39, 0.29) is 78.2 Å². The monoisotopic (exact) mass is 1050 g/mol. The van der Waals surface area contributed by atoms with Gasteiger partial charge in [-0.1, -0.05) is 121 Å². The molecule has 2 aliphatic heterocycles. The Morgan fingerprint density at radius 1 is 0.432 bits per heavy atom. The molecule has 0 saturated heterocycles. The molecule has 0 radical (unpaired) electrons. The molecule has 10 rings (SSSR count). The zero-order valence-electron chi connectivity index (χ0n) is 37.9. The molecule has 0 saturated carbocycles. The Labute approximate surface area is 436 Å². The van der Waals surface area contributed by atoms with Gasteiger partial charge in [-0.15, -0.1) is 45.3 Å². The van der Waals surface area contributed by atoms with Gasteiger partial charge in [-0.25, -0.2) is 29.2 Å². The molecular weight excluding hydrogens is 1020 g/mol. The van der Waals surface area contributed by atoms with Crippen molar-refractivity contribution in [3.63, 3.8) is 0 Å². The van der Waals surface area contributed by atoms with Crippen LogP contribution in [0.4, 0.5) is 10.0 Å². The van der Waals surface area contributed by atoms with Crippen molar-refractivity contribution in [2.24, 2.45) is 9.98 Å². The number of nitrogens with zero attached hydrogens (tertiary/aromatic N) is 6. The normalized spacial score (nSPS) is 12.9. The second-order valence-corrected chi connectivity index (χ2v) is 20.1. The van der Waals surface area contributed by atoms with Crippen LogP contribution in [-0.2, 0) is 75.8 Å². The molecule has 0 N–H and O–H groups in total. The van der Waals surface area contributed by atoms with E-state index in [9.17, 15) is 21.0 Å². The van der Waals surface area contributed by atoms with Crippen molar-refractivity contribution in [3.8, 4) is 55.3 Å². The summed E-state index contributed by atoms with van der Waals surface area (Å²) < 4.78 is 37.9. The lowest BCUT2D eigenvalue weighted by Crippen LogP contribution is -2.52. The molecule has 0 bridgehead atoms. The standard InChI is InChI=1S/C54H30N6O10S4/c55-23-35(24-56)59-39-21-37-43(71-39)45-41(69-53(37,49(61)65-27-31-13-5-1-6-14-31)50(62)66-28-32-15-7-2-8-16-32)47-48(73-45)42-46(74-47)44-38(22-40(72-44)60-36(25-57)26-58)54(70-42,51(63)67-29-33-17-9-3-10-18-33)52(64)68-30-34-19-11-4-12-20-34/h1-22H,27-30H2. The molecule has 4 aromatic heterocycles. The van der Waals surface area contributed by atoms with Gasteiger partial charge in [0.2, 0.25) is 11.4 Å². The van der Waals surface area contributed by atoms with Gasteiger partial charge in [0.15, 0.2) is 11.5 Å². The summed E-state index contributed by atoms with van der Waals surface area (Å²) in [6, 6.07) is 44.7. The lowest BCUT2D eigenvalue weighted by molar-refractivity contribution is -0.185. The minimum Gasteiger partial charge on any atom is -0.457 e. The zero-order valence-corrected chi connectivity index (χ0v) is 41.2. The zero-order chi connectivity index (χ0) is 51.4. The first-order valence-electron chi connectivity index (χ1n) is 22.0. The van der Waals surface area contributed by atoms with Crippen LogP contribution in [0.1, 0.15) is 33.4 Å². The van der Waals surface area contributed by atoms with Crippen molar-refractivity contribution >= 4 is 100 Å². The van der Waals surface area contributed by atoms with Crippen LogP contribution in [0.15, 0.2) is 143 Å². The van der Waals surface area contributed by atoms with Gasteiger partial charge < -0.3 is 28.4 Å². The van der Waals surface area contributed by atoms with Crippen molar-refractivity contribution in [1.29, 1.82) is 21.0 Å². The number of fused-ring (bicyclic) bond motifs is 9. The Morgan fingerprint density at radius 3 is 0.986 bits per heavy atom. The highest BCUT2D eigenvalue weighted by Gasteiger charge is 2.62. The minimum absolute atomic E-state index is 0.0107. The Morgan fingerprint density at radius 2 is 0.716 bits per heavy atom. The van der Waals surface area contributed by atoms with Crippen molar-refractivity contribution in [1.82, 2.24) is 0 Å². The van der Waals surface area contributed by atoms with Crippen molar-refractivity contribution in [2.45, 2.75) is 37.6 Å². The lowest BCUT2D eigenvalue weighted by Gasteiger charge is -2.33. The first kappa shape index (κ1) is 48.4. The molecule has 4 aromatic carbocycles. The van der Waals surface area contributed by atoms with E-state index >= 15 is 19.2 Å². The molecule has 16 nitrogen and oxygen atoms in total. The third-order valence-corrected chi connectivity index (χ3v) is 16.3. The first-order valence-corrected chi connectivity index (χ1v) is 25.3. The SMILES string of the molecule is N#CC(C#N)=Nc1cc2c(s1)-c1sc3c4c(sc3c1OC2(C(=O)OCc1ccccc1)C(=O)OCc1ccccc1)-c1sc(N=C(C#N)C#N)cc1C(C(=O)OCc1ccccc1)(C(=O)OCc1ccccc1)O4. The summed E-state index contributed by atoms with van der Waals surface area (Å²) in [7, 11) is 0. The van der Waals surface area contributed by atoms with Crippen molar-refractivity contribution < 1.29 is 47.6 Å². The number of nitriles is 4. The van der Waals surface area contributed by atoms with Crippen LogP contribution in [0, 0.1) is 45.3 Å². The number of aliphatic imine (C=N–C) groups is 2. The number of benzene rings is 4. The molecular formula is C54H30N6O10S4. The van der Waals surface area contributed by atoms with E-state index in [0.717, 1.165) is 45.3 Å². The van der Waals surface area contributed by atoms with Gasteiger partial charge in [0, 0.05) is 11.1 Å². The predicted octanol–water partition coefficient (Wildman–Crippen LogP) is 10.8. The molecule has 0 unspecified atom stereocenters. The van der Waals surface area contributed by atoms with Crippen molar-refractivity contribution in [2.75, 3.05) is 0 Å². The van der Waals surface area contributed by atoms with Gasteiger partial charge >= 0.3 is 35.1 Å². The van der Waals surface area contributed by atoms with E-state index in [0.29, 0.717) is 32.0 Å². The Balaban J connectivity index is 1.18. The molecule has 0 aliphatic carbocycles. The summed E-state index contributed by atoms with van der Waals surface area (Å²) in [5, 5.41) is 39.0. The van der Waals surface area contributed by atoms with Gasteiger partial charge in [0.05, 0.1) is 28.9 Å². The van der Waals surface area contributed by atoms with Crippen molar-refractivity contribution in [3.05, 3.63) is 167 Å². The molecule has 20 heteroatoms. The van der Waals surface area contributed by atoms with E-state index in [1.807, 2.05) is 0 Å². The number of rotatable bonds is 14. The smallest absolute Gasteiger partial charge is 0.367 e. The number of hydrogen-bond donors (Lipinski definition) is 0. The molecule has 360 valence electrons. The van der Waals surface area contributed by atoms with Crippen LogP contribution in [0.3, 0.4) is 0 Å². The molecule has 0 atom stereocenters. The van der Waals surface area contributed by atoms with Gasteiger partial charge in [-0.2, -0.15) is 21.0 Å². The van der Waals surface area contributed by atoms with E-state index < -0.39 is 46.5 Å². The maximum Gasteiger partial charge on any atom is 0.367 e. The van der Waals surface area contributed by atoms with Gasteiger partial charge in [0.25, 0.3) is 0 Å². The molecule has 0 spiro atoms. The molecule has 8 aromatic rings. The number of ether oxygens (including phenoxy) is 6. The fraction of sp³-hybridized carbons (Fsp3) is 0.111. The van der Waals surface area contributed by atoms with Crippen LogP contribution in [0.2, 0.25) is 0 Å². The van der Waals surface area contributed by atoms with Gasteiger partial charge in [-0.3, -0.25) is 0 Å². The molecule has 2 aliphatic rings. The first-order chi connectivity index (χ1) is 36.1. The number of carbonyl (C=O) groups excluding carboxylic acids is 4. The molecule has 0 fully saturated rings. The molecule has 0 amide bonds. The maximum atomic E-state index is 15.0. The third-order valence-electron chi connectivity index (χ3n) is 11.4. The number of hydrogen-bond acceptors (Lipinski definition) is 20. The summed E-state index contributed by atoms with van der Waals surface area (Å²) in [5.41, 5.74) is -4.14. The van der Waals surface area contributed by atoms with E-state index in [2.05, 4.69) is 9.98 Å². The number of esters is 4. The van der Waals surface area contributed by atoms with E-state index in [4.69, 9.17) is 28.4 Å². The second-order valence-electron chi connectivity index (χ2n) is 16.0. The highest BCUT2D eigenvalue weighted by atomic mass is 32.1. The Bertz CT molecular complexity index is 3390. The number of thiophene rings is 4. The lowest BCUT2D eigenvalue weighted by atomic mass is 9.90. The number of carbonyl (C=O) groups is 4. The predicted molar refractivity (Wildman–Crippen MR) is 273 cm³/mol. The van der Waals surface area contributed by atoms with Crippen LogP contribution in [0.25, 0.3) is 28.9 Å². The topological polar surface area (TPSA) is 244 Å². The Kier molecular flexibility index (Phi) is 13.4. The largest absolute Gasteiger partial charge is 0.457 e. The fourth-order valence-electron chi connectivity index (χ4n) is 7.96. The van der Waals surface area contributed by atoms with Gasteiger partial charge in [0.1, 0.15) is 60.7 Å². The van der Waals surface area contributed by atoms with Crippen LogP contribution >= 0.6 is 45.3 Å². The van der Waals surface area contributed by atoms with Crippen LogP contribution in [0.5, 0.6) is 11.5 Å². The minimum atomic E-state index is -2.69. The molecule has 74 heavy (non-hydrogen) atoms. The average molecular weight is 1050 g/mol. The van der Waals surface area contributed by atoms with Crippen LogP contribution < -0.4 is 9.47 Å². The maximum absolute atomic E-state index is 15.0. The summed E-state index contributed by atoms with van der Waals surface area (Å²) in [5.74, 6) is -4.66. The average Bonchev–Trinajstić information content (AvgIpc) is 4.24. The van der Waals surface area contributed by atoms with E-state index in [1.165, 1.54) is 12.1 Å². The summed E-state index contributed by atoms with van der Waals surface area (Å²) in [6.45, 7) is -1.13. The highest BCUT2D eigenvalue weighted by Crippen LogP contribution is 2.65. The third kappa shape index (κ3) is 8.81. The van der Waals surface area contributed by atoms with Crippen LogP contribution in [-0.4, -0.2) is 35.3 Å². The second kappa shape index (κ2) is 20.4. The van der Waals surface area contributed by atoms with E-state index in [1.54, 1.807) is 146 Å². The summed E-state index contributed by atoms with van der Waals surface area (Å²) >= 11 is 4.05.